The Balaban J connectivity index is 2.14. The summed E-state index contributed by atoms with van der Waals surface area (Å²) in [6.07, 6.45) is 0. The number of likely N-dealkylation sites (tertiary alicyclic amines) is 1. The molecule has 0 bridgehead atoms. The number of carbonyl (C=O) groups is 3. The van der Waals surface area contributed by atoms with Gasteiger partial charge in [-0.1, -0.05) is 18.2 Å². The summed E-state index contributed by atoms with van der Waals surface area (Å²) in [6.45, 7) is 1.61. The van der Waals surface area contributed by atoms with E-state index in [1.165, 1.54) is 14.2 Å². The number of esters is 1. The SMILES string of the molecule is COC(=O)[C@]1(C)N[C@@H](c2ccccc2OC)[C@H]2C(=O)N(C)C(=O)[C@H]21. The monoisotopic (exact) mass is 332 g/mol. The number of methoxy groups -OCH3 is 2. The first-order valence-corrected chi connectivity index (χ1v) is 7.67. The lowest BCUT2D eigenvalue weighted by molar-refractivity contribution is -0.152. The molecule has 3 rings (SSSR count). The molecule has 24 heavy (non-hydrogen) atoms. The third-order valence-electron chi connectivity index (χ3n) is 5.09. The topological polar surface area (TPSA) is 84.9 Å². The molecule has 0 radical (unpaired) electrons. The molecular formula is C17H20N2O5. The molecule has 2 heterocycles. The molecular weight excluding hydrogens is 312 g/mol. The van der Waals surface area contributed by atoms with Crippen molar-refractivity contribution >= 4 is 17.8 Å². The Kier molecular flexibility index (Phi) is 3.83. The molecule has 0 aliphatic carbocycles. The number of fused-ring (bicyclic) bond motifs is 1. The number of nitrogens with one attached hydrogen (secondary N) is 1. The van der Waals surface area contributed by atoms with Crippen molar-refractivity contribution in [1.82, 2.24) is 10.2 Å². The highest BCUT2D eigenvalue weighted by Crippen LogP contribution is 2.49. The summed E-state index contributed by atoms with van der Waals surface area (Å²) in [7, 11) is 4.25. The van der Waals surface area contributed by atoms with Crippen LogP contribution in [0.1, 0.15) is 18.5 Å². The maximum atomic E-state index is 12.7. The number of nitrogens with zero attached hydrogens (tertiary/aromatic N) is 1. The molecule has 2 saturated heterocycles. The van der Waals surface area contributed by atoms with E-state index in [0.717, 1.165) is 10.5 Å². The van der Waals surface area contributed by atoms with Crippen molar-refractivity contribution in [3.8, 4) is 5.75 Å². The van der Waals surface area contributed by atoms with Crippen LogP contribution in [0, 0.1) is 11.8 Å². The average molecular weight is 332 g/mol. The van der Waals surface area contributed by atoms with Crippen LogP contribution in [0.5, 0.6) is 5.75 Å². The zero-order valence-corrected chi connectivity index (χ0v) is 14.0. The fourth-order valence-corrected chi connectivity index (χ4v) is 3.87. The van der Waals surface area contributed by atoms with Crippen LogP contribution in [-0.4, -0.2) is 49.5 Å². The first-order chi connectivity index (χ1) is 11.4. The van der Waals surface area contributed by atoms with Gasteiger partial charge in [0.2, 0.25) is 11.8 Å². The number of benzene rings is 1. The van der Waals surface area contributed by atoms with E-state index in [9.17, 15) is 14.4 Å². The number of ether oxygens (including phenoxy) is 2. The number of carbonyl (C=O) groups excluding carboxylic acids is 3. The molecule has 2 aliphatic heterocycles. The van der Waals surface area contributed by atoms with Crippen LogP contribution in [0.25, 0.3) is 0 Å². The first kappa shape index (κ1) is 16.4. The fraction of sp³-hybridized carbons (Fsp3) is 0.471. The minimum atomic E-state index is -1.28. The van der Waals surface area contributed by atoms with Gasteiger partial charge < -0.3 is 9.47 Å². The number of hydrogen-bond acceptors (Lipinski definition) is 6. The van der Waals surface area contributed by atoms with Crippen LogP contribution >= 0.6 is 0 Å². The van der Waals surface area contributed by atoms with Crippen LogP contribution in [0.2, 0.25) is 0 Å². The normalized spacial score (nSPS) is 32.0. The Morgan fingerprint density at radius 1 is 1.21 bits per heavy atom. The summed E-state index contributed by atoms with van der Waals surface area (Å²) in [5, 5.41) is 3.17. The van der Waals surface area contributed by atoms with Crippen molar-refractivity contribution in [2.24, 2.45) is 11.8 Å². The number of amides is 2. The third kappa shape index (κ3) is 2.04. The van der Waals surface area contributed by atoms with Crippen LogP contribution in [0.15, 0.2) is 24.3 Å². The largest absolute Gasteiger partial charge is 0.496 e. The van der Waals surface area contributed by atoms with Gasteiger partial charge in [0.05, 0.1) is 26.1 Å². The lowest BCUT2D eigenvalue weighted by Gasteiger charge is -2.28. The van der Waals surface area contributed by atoms with Crippen LogP contribution < -0.4 is 10.1 Å². The van der Waals surface area contributed by atoms with Gasteiger partial charge in [0.25, 0.3) is 0 Å². The summed E-state index contributed by atoms with van der Waals surface area (Å²) in [4.78, 5) is 38.7. The first-order valence-electron chi connectivity index (χ1n) is 7.67. The third-order valence-corrected chi connectivity index (χ3v) is 5.09. The molecule has 0 spiro atoms. The Labute approximate surface area is 139 Å². The van der Waals surface area contributed by atoms with E-state index in [2.05, 4.69) is 5.32 Å². The van der Waals surface area contributed by atoms with E-state index in [4.69, 9.17) is 9.47 Å². The Morgan fingerprint density at radius 2 is 1.88 bits per heavy atom. The minimum absolute atomic E-state index is 0.305. The zero-order chi connectivity index (χ0) is 17.6. The number of rotatable bonds is 3. The van der Waals surface area contributed by atoms with Crippen molar-refractivity contribution in [1.29, 1.82) is 0 Å². The predicted molar refractivity (Wildman–Crippen MR) is 84.0 cm³/mol. The number of para-hydroxylation sites is 1. The second-order valence-corrected chi connectivity index (χ2v) is 6.30. The van der Waals surface area contributed by atoms with Gasteiger partial charge in [-0.2, -0.15) is 0 Å². The van der Waals surface area contributed by atoms with Crippen molar-refractivity contribution in [3.05, 3.63) is 29.8 Å². The van der Waals surface area contributed by atoms with Gasteiger partial charge in [0.15, 0.2) is 0 Å². The molecule has 7 heteroatoms. The van der Waals surface area contributed by atoms with Gasteiger partial charge in [0.1, 0.15) is 11.3 Å². The molecule has 2 aliphatic rings. The van der Waals surface area contributed by atoms with Crippen molar-refractivity contribution < 1.29 is 23.9 Å². The van der Waals surface area contributed by atoms with Crippen molar-refractivity contribution in [3.63, 3.8) is 0 Å². The average Bonchev–Trinajstić information content (AvgIpc) is 3.04. The standard InChI is InChI=1S/C17H20N2O5/c1-17(16(22)24-4)12-11(14(20)19(2)15(12)21)13(18-17)9-7-5-6-8-10(9)23-3/h5-8,11-13,18H,1-4H3/t11-,12-,13-,17+/m0/s1. The number of hydrogen-bond donors (Lipinski definition) is 1. The lowest BCUT2D eigenvalue weighted by Crippen LogP contribution is -2.53. The zero-order valence-electron chi connectivity index (χ0n) is 14.0. The maximum Gasteiger partial charge on any atom is 0.326 e. The van der Waals surface area contributed by atoms with Gasteiger partial charge in [-0.15, -0.1) is 0 Å². The number of imide groups is 1. The second kappa shape index (κ2) is 5.59. The highest BCUT2D eigenvalue weighted by molar-refractivity contribution is 6.09. The maximum absolute atomic E-state index is 12.7. The quantitative estimate of drug-likeness (QED) is 0.641. The van der Waals surface area contributed by atoms with Crippen molar-refractivity contribution in [2.75, 3.05) is 21.3 Å². The van der Waals surface area contributed by atoms with Gasteiger partial charge >= 0.3 is 5.97 Å². The Hall–Kier alpha value is -2.41. The van der Waals surface area contributed by atoms with Crippen molar-refractivity contribution in [2.45, 2.75) is 18.5 Å². The minimum Gasteiger partial charge on any atom is -0.496 e. The van der Waals surface area contributed by atoms with Gasteiger partial charge in [-0.05, 0) is 13.0 Å². The summed E-state index contributed by atoms with van der Waals surface area (Å²) >= 11 is 0. The molecule has 0 aromatic heterocycles. The molecule has 128 valence electrons. The van der Waals surface area contributed by atoms with E-state index in [1.54, 1.807) is 20.1 Å². The second-order valence-electron chi connectivity index (χ2n) is 6.30. The Bertz CT molecular complexity index is 719. The van der Waals surface area contributed by atoms with E-state index in [0.29, 0.717) is 5.75 Å². The molecule has 2 amide bonds. The van der Waals surface area contributed by atoms with E-state index in [1.807, 2.05) is 18.2 Å². The Morgan fingerprint density at radius 3 is 2.50 bits per heavy atom. The molecule has 2 fully saturated rings. The lowest BCUT2D eigenvalue weighted by atomic mass is 9.80. The molecule has 7 nitrogen and oxygen atoms in total. The van der Waals surface area contributed by atoms with Gasteiger partial charge in [-0.3, -0.25) is 24.6 Å². The van der Waals surface area contributed by atoms with E-state index in [-0.39, 0.29) is 11.8 Å². The molecule has 1 N–H and O–H groups in total. The molecule has 0 saturated carbocycles. The summed E-state index contributed by atoms with van der Waals surface area (Å²) < 4.78 is 10.3. The van der Waals surface area contributed by atoms with E-state index < -0.39 is 29.4 Å². The van der Waals surface area contributed by atoms with Crippen LogP contribution in [-0.2, 0) is 19.1 Å². The van der Waals surface area contributed by atoms with E-state index >= 15 is 0 Å². The molecule has 4 atom stereocenters. The van der Waals surface area contributed by atoms with Crippen LogP contribution in [0.3, 0.4) is 0 Å². The van der Waals surface area contributed by atoms with Crippen LogP contribution in [0.4, 0.5) is 0 Å². The summed E-state index contributed by atoms with van der Waals surface area (Å²) in [5.41, 5.74) is -0.540. The smallest absolute Gasteiger partial charge is 0.326 e. The predicted octanol–water partition coefficient (Wildman–Crippen LogP) is 0.502. The molecule has 0 unspecified atom stereocenters. The molecule has 1 aromatic rings. The fourth-order valence-electron chi connectivity index (χ4n) is 3.87. The van der Waals surface area contributed by atoms with Gasteiger partial charge in [0, 0.05) is 18.7 Å². The summed E-state index contributed by atoms with van der Waals surface area (Å²) in [6, 6.07) is 6.74. The summed E-state index contributed by atoms with van der Waals surface area (Å²) in [5.74, 6) is -2.13. The molecule has 1 aromatic carbocycles. The highest BCUT2D eigenvalue weighted by Gasteiger charge is 2.66. The highest BCUT2D eigenvalue weighted by atomic mass is 16.5. The van der Waals surface area contributed by atoms with Gasteiger partial charge in [-0.25, -0.2) is 0 Å².